The lowest BCUT2D eigenvalue weighted by Gasteiger charge is -2.14. The molecular weight excluding hydrogens is 262 g/mol. The summed E-state index contributed by atoms with van der Waals surface area (Å²) in [5.41, 5.74) is 2.22. The van der Waals surface area contributed by atoms with Gasteiger partial charge in [-0.05, 0) is 26.0 Å². The van der Waals surface area contributed by atoms with Gasteiger partial charge in [-0.15, -0.1) is 11.6 Å². The van der Waals surface area contributed by atoms with Crippen molar-refractivity contribution >= 4 is 22.6 Å². The number of hydrogen-bond acceptors (Lipinski definition) is 3. The molecule has 1 aromatic heterocycles. The van der Waals surface area contributed by atoms with Gasteiger partial charge in [-0.1, -0.05) is 6.07 Å². The number of para-hydroxylation sites is 1. The van der Waals surface area contributed by atoms with Crippen LogP contribution in [0.25, 0.3) is 11.0 Å². The minimum absolute atomic E-state index is 0.0788. The van der Waals surface area contributed by atoms with Gasteiger partial charge < -0.3 is 9.30 Å². The molecule has 0 radical (unpaired) electrons. The summed E-state index contributed by atoms with van der Waals surface area (Å²) < 4.78 is 7.59. The van der Waals surface area contributed by atoms with E-state index in [4.69, 9.17) is 21.6 Å². The molecule has 1 unspecified atom stereocenters. The van der Waals surface area contributed by atoms with Crippen molar-refractivity contribution in [3.8, 4) is 6.07 Å². The Morgan fingerprint density at radius 2 is 2.32 bits per heavy atom. The number of fused-ring (bicyclic) bond motifs is 1. The van der Waals surface area contributed by atoms with Gasteiger partial charge in [0.15, 0.2) is 0 Å². The van der Waals surface area contributed by atoms with Crippen LogP contribution >= 0.6 is 11.6 Å². The number of nitriles is 1. The zero-order chi connectivity index (χ0) is 13.8. The second kappa shape index (κ2) is 6.05. The Kier molecular flexibility index (Phi) is 4.41. The number of halogens is 1. The lowest BCUT2D eigenvalue weighted by molar-refractivity contribution is 0.0643. The van der Waals surface area contributed by atoms with Crippen molar-refractivity contribution in [2.75, 3.05) is 6.61 Å². The number of hydrogen-bond donors (Lipinski definition) is 0. The predicted octanol–water partition coefficient (Wildman–Crippen LogP) is 3.07. The number of nitrogens with zero attached hydrogens (tertiary/aromatic N) is 3. The molecule has 0 aliphatic carbocycles. The van der Waals surface area contributed by atoms with E-state index >= 15 is 0 Å². The molecule has 1 aromatic carbocycles. The second-order valence-electron chi connectivity index (χ2n) is 4.32. The van der Waals surface area contributed by atoms with Crippen molar-refractivity contribution in [1.29, 1.82) is 5.26 Å². The summed E-state index contributed by atoms with van der Waals surface area (Å²) in [6, 6.07) is 7.75. The molecule has 1 atom stereocenters. The molecule has 0 N–H and O–H groups in total. The molecule has 0 fully saturated rings. The van der Waals surface area contributed by atoms with E-state index in [9.17, 15) is 0 Å². The lowest BCUT2D eigenvalue weighted by atomic mass is 10.2. The smallest absolute Gasteiger partial charge is 0.124 e. The number of benzene rings is 1. The summed E-state index contributed by atoms with van der Waals surface area (Å²) in [5, 5.41) is 9.12. The van der Waals surface area contributed by atoms with Gasteiger partial charge in [0.05, 0.1) is 29.6 Å². The normalized spacial score (nSPS) is 12.5. The van der Waals surface area contributed by atoms with E-state index in [1.165, 1.54) is 0 Å². The standard InChI is InChI=1S/C14H16ClN3O/c1-3-19-10(2)9-18-12-6-4-5-11(8-16)14(12)17-13(18)7-15/h4-6,10H,3,7,9H2,1-2H3. The Morgan fingerprint density at radius 1 is 1.53 bits per heavy atom. The van der Waals surface area contributed by atoms with Crippen LogP contribution in [0.15, 0.2) is 18.2 Å². The highest BCUT2D eigenvalue weighted by molar-refractivity contribution is 6.16. The van der Waals surface area contributed by atoms with E-state index in [1.54, 1.807) is 6.07 Å². The quantitative estimate of drug-likeness (QED) is 0.789. The van der Waals surface area contributed by atoms with E-state index in [2.05, 4.69) is 11.1 Å². The maximum atomic E-state index is 9.12. The van der Waals surface area contributed by atoms with E-state index in [0.717, 1.165) is 11.3 Å². The van der Waals surface area contributed by atoms with Crippen LogP contribution in [-0.4, -0.2) is 22.3 Å². The Balaban J connectivity index is 2.50. The largest absolute Gasteiger partial charge is 0.377 e. The molecule has 4 nitrogen and oxygen atoms in total. The first-order chi connectivity index (χ1) is 9.21. The Morgan fingerprint density at radius 3 is 2.95 bits per heavy atom. The molecule has 1 heterocycles. The van der Waals surface area contributed by atoms with Gasteiger partial charge in [0.2, 0.25) is 0 Å². The first kappa shape index (κ1) is 13.9. The van der Waals surface area contributed by atoms with Gasteiger partial charge in [0.1, 0.15) is 17.4 Å². The lowest BCUT2D eigenvalue weighted by Crippen LogP contribution is -2.17. The summed E-state index contributed by atoms with van der Waals surface area (Å²) in [4.78, 5) is 4.47. The highest BCUT2D eigenvalue weighted by Gasteiger charge is 2.14. The molecule has 0 saturated carbocycles. The van der Waals surface area contributed by atoms with Crippen LogP contribution < -0.4 is 0 Å². The van der Waals surface area contributed by atoms with Crippen molar-refractivity contribution in [3.05, 3.63) is 29.6 Å². The average Bonchev–Trinajstić information content (AvgIpc) is 2.77. The summed E-state index contributed by atoms with van der Waals surface area (Å²) in [5.74, 6) is 1.09. The van der Waals surface area contributed by atoms with Gasteiger partial charge in [-0.3, -0.25) is 0 Å². The molecule has 100 valence electrons. The van der Waals surface area contributed by atoms with Gasteiger partial charge >= 0.3 is 0 Å². The van der Waals surface area contributed by atoms with E-state index in [0.29, 0.717) is 30.1 Å². The Labute approximate surface area is 117 Å². The maximum Gasteiger partial charge on any atom is 0.124 e. The fraction of sp³-hybridized carbons (Fsp3) is 0.429. The van der Waals surface area contributed by atoms with Crippen molar-refractivity contribution < 1.29 is 4.74 Å². The summed E-state index contributed by atoms with van der Waals surface area (Å²) in [6.07, 6.45) is 0.0788. The first-order valence-electron chi connectivity index (χ1n) is 6.27. The molecule has 0 bridgehead atoms. The van der Waals surface area contributed by atoms with Gasteiger partial charge in [0.25, 0.3) is 0 Å². The molecule has 0 saturated heterocycles. The third kappa shape index (κ3) is 2.73. The number of ether oxygens (including phenoxy) is 1. The summed E-state index contributed by atoms with van der Waals surface area (Å²) in [7, 11) is 0. The van der Waals surface area contributed by atoms with Crippen LogP contribution in [0.3, 0.4) is 0 Å². The number of rotatable bonds is 5. The number of imidazole rings is 1. The minimum Gasteiger partial charge on any atom is -0.377 e. The summed E-state index contributed by atoms with van der Waals surface area (Å²) >= 11 is 5.95. The van der Waals surface area contributed by atoms with E-state index in [1.807, 2.05) is 30.5 Å². The van der Waals surface area contributed by atoms with Crippen LogP contribution in [-0.2, 0) is 17.2 Å². The Hall–Kier alpha value is -1.57. The topological polar surface area (TPSA) is 50.8 Å². The van der Waals surface area contributed by atoms with Crippen LogP contribution in [0.2, 0.25) is 0 Å². The minimum atomic E-state index is 0.0788. The second-order valence-corrected chi connectivity index (χ2v) is 4.59. The van der Waals surface area contributed by atoms with Crippen LogP contribution in [0.5, 0.6) is 0 Å². The molecule has 0 aliphatic heterocycles. The monoisotopic (exact) mass is 277 g/mol. The van der Waals surface area contributed by atoms with Crippen LogP contribution in [0.1, 0.15) is 25.2 Å². The molecule has 0 aliphatic rings. The van der Waals surface area contributed by atoms with Crippen LogP contribution in [0, 0.1) is 11.3 Å². The van der Waals surface area contributed by atoms with Crippen molar-refractivity contribution in [2.24, 2.45) is 0 Å². The molecule has 5 heteroatoms. The molecule has 0 spiro atoms. The Bertz CT molecular complexity index is 615. The third-order valence-corrected chi connectivity index (χ3v) is 3.23. The highest BCUT2D eigenvalue weighted by Crippen LogP contribution is 2.21. The van der Waals surface area contributed by atoms with Gasteiger partial charge in [0, 0.05) is 6.61 Å². The zero-order valence-corrected chi connectivity index (χ0v) is 11.8. The van der Waals surface area contributed by atoms with E-state index in [-0.39, 0.29) is 6.10 Å². The fourth-order valence-corrected chi connectivity index (χ4v) is 2.39. The zero-order valence-electron chi connectivity index (χ0n) is 11.1. The summed E-state index contributed by atoms with van der Waals surface area (Å²) in [6.45, 7) is 5.34. The van der Waals surface area contributed by atoms with Crippen molar-refractivity contribution in [1.82, 2.24) is 9.55 Å². The molecular formula is C14H16ClN3O. The fourth-order valence-electron chi connectivity index (χ4n) is 2.19. The molecule has 0 amide bonds. The molecule has 2 rings (SSSR count). The third-order valence-electron chi connectivity index (χ3n) is 2.99. The number of aromatic nitrogens is 2. The van der Waals surface area contributed by atoms with Crippen molar-refractivity contribution in [2.45, 2.75) is 32.4 Å². The highest BCUT2D eigenvalue weighted by atomic mass is 35.5. The van der Waals surface area contributed by atoms with Crippen LogP contribution in [0.4, 0.5) is 0 Å². The maximum absolute atomic E-state index is 9.12. The average molecular weight is 278 g/mol. The van der Waals surface area contributed by atoms with Gasteiger partial charge in [-0.2, -0.15) is 5.26 Å². The van der Waals surface area contributed by atoms with Crippen molar-refractivity contribution in [3.63, 3.8) is 0 Å². The molecule has 2 aromatic rings. The van der Waals surface area contributed by atoms with E-state index < -0.39 is 0 Å². The molecule has 19 heavy (non-hydrogen) atoms. The first-order valence-corrected chi connectivity index (χ1v) is 6.80. The SMILES string of the molecule is CCOC(C)Cn1c(CCl)nc2c(C#N)cccc21. The predicted molar refractivity (Wildman–Crippen MR) is 75.1 cm³/mol. The van der Waals surface area contributed by atoms with Gasteiger partial charge in [-0.25, -0.2) is 4.98 Å². The number of alkyl halides is 1.